The molecular formula is C18H18O7. The van der Waals surface area contributed by atoms with Crippen LogP contribution >= 0.6 is 0 Å². The van der Waals surface area contributed by atoms with E-state index in [-0.39, 0.29) is 12.4 Å². The van der Waals surface area contributed by atoms with E-state index in [9.17, 15) is 9.59 Å². The molecule has 132 valence electrons. The third-order valence-electron chi connectivity index (χ3n) is 3.22. The van der Waals surface area contributed by atoms with Gasteiger partial charge in [-0.05, 0) is 35.9 Å². The van der Waals surface area contributed by atoms with Crippen LogP contribution in [0.4, 0.5) is 0 Å². The van der Waals surface area contributed by atoms with Crippen molar-refractivity contribution in [2.45, 2.75) is 6.61 Å². The van der Waals surface area contributed by atoms with E-state index in [0.717, 1.165) is 5.56 Å². The Labute approximate surface area is 144 Å². The maximum Gasteiger partial charge on any atom is 0.373 e. The molecule has 0 bridgehead atoms. The number of ether oxygens (including phenoxy) is 4. The van der Waals surface area contributed by atoms with Crippen LogP contribution in [0, 0.1) is 0 Å². The maximum atomic E-state index is 11.4. The Kier molecular flexibility index (Phi) is 6.22. The Bertz CT molecular complexity index is 773. The van der Waals surface area contributed by atoms with Crippen molar-refractivity contribution in [3.63, 3.8) is 0 Å². The molecule has 2 aromatic rings. The highest BCUT2D eigenvalue weighted by molar-refractivity contribution is 5.87. The van der Waals surface area contributed by atoms with E-state index in [4.69, 9.17) is 13.9 Å². The fraction of sp³-hybridized carbons (Fsp3) is 0.222. The molecule has 0 aliphatic heterocycles. The van der Waals surface area contributed by atoms with Crippen LogP contribution in [0.5, 0.6) is 11.5 Å². The van der Waals surface area contributed by atoms with E-state index < -0.39 is 11.9 Å². The summed E-state index contributed by atoms with van der Waals surface area (Å²) in [5.74, 6) is 0.568. The van der Waals surface area contributed by atoms with Gasteiger partial charge in [0.1, 0.15) is 12.4 Å². The predicted molar refractivity (Wildman–Crippen MR) is 88.4 cm³/mol. The van der Waals surface area contributed by atoms with Crippen LogP contribution in [0.2, 0.25) is 0 Å². The van der Waals surface area contributed by atoms with Crippen molar-refractivity contribution in [2.75, 3.05) is 21.3 Å². The number of carbonyl (C=O) groups excluding carboxylic acids is 2. The normalized spacial score (nSPS) is 10.5. The van der Waals surface area contributed by atoms with E-state index in [1.165, 1.54) is 33.5 Å². The molecule has 0 spiro atoms. The Morgan fingerprint density at radius 3 is 2.52 bits per heavy atom. The molecule has 0 radical (unpaired) electrons. The van der Waals surface area contributed by atoms with Gasteiger partial charge in [-0.25, -0.2) is 9.59 Å². The monoisotopic (exact) mass is 346 g/mol. The van der Waals surface area contributed by atoms with Crippen LogP contribution < -0.4 is 9.47 Å². The molecule has 1 aromatic heterocycles. The van der Waals surface area contributed by atoms with Crippen molar-refractivity contribution in [1.29, 1.82) is 0 Å². The summed E-state index contributed by atoms with van der Waals surface area (Å²) in [6.07, 6.45) is 2.92. The standard InChI is InChI=1S/C18H18O7/c1-21-16-10-12(5-9-17(19)22-2)4-7-14(16)24-11-13-6-8-15(25-13)18(20)23-3/h4-10H,11H2,1-3H3. The number of carbonyl (C=O) groups is 2. The molecule has 1 aromatic carbocycles. The molecule has 0 amide bonds. The highest BCUT2D eigenvalue weighted by Gasteiger charge is 2.12. The molecule has 7 heteroatoms. The number of esters is 2. The molecule has 1 heterocycles. The summed E-state index contributed by atoms with van der Waals surface area (Å²) in [6.45, 7) is 0.116. The van der Waals surface area contributed by atoms with Gasteiger partial charge in [0.25, 0.3) is 0 Å². The molecule has 2 rings (SSSR count). The molecule has 0 unspecified atom stereocenters. The first kappa shape index (κ1) is 18.1. The summed E-state index contributed by atoms with van der Waals surface area (Å²) < 4.78 is 25.4. The molecule has 0 aliphatic rings. The summed E-state index contributed by atoms with van der Waals surface area (Å²) >= 11 is 0. The van der Waals surface area contributed by atoms with Crippen molar-refractivity contribution in [3.8, 4) is 11.5 Å². The molecular weight excluding hydrogens is 328 g/mol. The van der Waals surface area contributed by atoms with Gasteiger partial charge in [-0.1, -0.05) is 6.07 Å². The molecule has 0 N–H and O–H groups in total. The zero-order valence-electron chi connectivity index (χ0n) is 14.1. The zero-order valence-corrected chi connectivity index (χ0v) is 14.1. The Morgan fingerprint density at radius 1 is 1.04 bits per heavy atom. The minimum atomic E-state index is -0.550. The fourth-order valence-electron chi connectivity index (χ4n) is 1.95. The van der Waals surface area contributed by atoms with E-state index in [1.807, 2.05) is 0 Å². The Morgan fingerprint density at radius 2 is 1.84 bits per heavy atom. The van der Waals surface area contributed by atoms with Crippen LogP contribution in [0.1, 0.15) is 21.9 Å². The summed E-state index contributed by atoms with van der Waals surface area (Å²) in [7, 11) is 4.10. The number of hydrogen-bond acceptors (Lipinski definition) is 7. The first-order valence-electron chi connectivity index (χ1n) is 7.31. The second-order valence-electron chi connectivity index (χ2n) is 4.81. The average Bonchev–Trinajstić information content (AvgIpc) is 3.12. The van der Waals surface area contributed by atoms with E-state index in [0.29, 0.717) is 17.3 Å². The second kappa shape index (κ2) is 8.58. The van der Waals surface area contributed by atoms with Gasteiger partial charge in [0, 0.05) is 6.08 Å². The number of benzene rings is 1. The van der Waals surface area contributed by atoms with E-state index in [1.54, 1.807) is 30.3 Å². The summed E-state index contributed by atoms with van der Waals surface area (Å²) in [5.41, 5.74) is 0.751. The van der Waals surface area contributed by atoms with Gasteiger partial charge < -0.3 is 23.4 Å². The average molecular weight is 346 g/mol. The highest BCUT2D eigenvalue weighted by atomic mass is 16.5. The Hall–Kier alpha value is -3.22. The lowest BCUT2D eigenvalue weighted by Crippen LogP contribution is -1.99. The second-order valence-corrected chi connectivity index (χ2v) is 4.81. The van der Waals surface area contributed by atoms with Gasteiger partial charge in [0.05, 0.1) is 21.3 Å². The molecule has 0 saturated heterocycles. The first-order valence-corrected chi connectivity index (χ1v) is 7.31. The summed E-state index contributed by atoms with van der Waals surface area (Å²) in [6, 6.07) is 8.34. The molecule has 0 aliphatic carbocycles. The van der Waals surface area contributed by atoms with Gasteiger partial charge in [0.15, 0.2) is 11.5 Å². The SMILES string of the molecule is COC(=O)C=Cc1ccc(OCc2ccc(C(=O)OC)o2)c(OC)c1. The third kappa shape index (κ3) is 4.87. The quantitative estimate of drug-likeness (QED) is 0.563. The number of methoxy groups -OCH3 is 3. The van der Waals surface area contributed by atoms with Crippen LogP contribution in [0.15, 0.2) is 40.8 Å². The van der Waals surface area contributed by atoms with Crippen LogP contribution in [-0.2, 0) is 20.9 Å². The maximum absolute atomic E-state index is 11.4. The topological polar surface area (TPSA) is 84.2 Å². The minimum absolute atomic E-state index is 0.108. The number of furan rings is 1. The lowest BCUT2D eigenvalue weighted by molar-refractivity contribution is -0.134. The molecule has 25 heavy (non-hydrogen) atoms. The smallest absolute Gasteiger partial charge is 0.373 e. The predicted octanol–water partition coefficient (Wildman–Crippen LogP) is 2.84. The van der Waals surface area contributed by atoms with Crippen molar-refractivity contribution >= 4 is 18.0 Å². The largest absolute Gasteiger partial charge is 0.493 e. The third-order valence-corrected chi connectivity index (χ3v) is 3.22. The molecule has 0 atom stereocenters. The highest BCUT2D eigenvalue weighted by Crippen LogP contribution is 2.29. The van der Waals surface area contributed by atoms with Gasteiger partial charge in [-0.15, -0.1) is 0 Å². The van der Waals surface area contributed by atoms with Gasteiger partial charge in [-0.3, -0.25) is 0 Å². The van der Waals surface area contributed by atoms with Crippen molar-refractivity contribution < 1.29 is 33.0 Å². The van der Waals surface area contributed by atoms with Crippen molar-refractivity contribution in [2.24, 2.45) is 0 Å². The first-order chi connectivity index (χ1) is 12.1. The molecule has 0 fully saturated rings. The van der Waals surface area contributed by atoms with E-state index >= 15 is 0 Å². The lowest BCUT2D eigenvalue weighted by atomic mass is 10.2. The fourth-order valence-corrected chi connectivity index (χ4v) is 1.95. The van der Waals surface area contributed by atoms with E-state index in [2.05, 4.69) is 9.47 Å². The van der Waals surface area contributed by atoms with Gasteiger partial charge in [-0.2, -0.15) is 0 Å². The van der Waals surface area contributed by atoms with Crippen LogP contribution in [-0.4, -0.2) is 33.3 Å². The lowest BCUT2D eigenvalue weighted by Gasteiger charge is -2.10. The summed E-state index contributed by atoms with van der Waals surface area (Å²) in [4.78, 5) is 22.5. The minimum Gasteiger partial charge on any atom is -0.493 e. The van der Waals surface area contributed by atoms with Crippen molar-refractivity contribution in [1.82, 2.24) is 0 Å². The van der Waals surface area contributed by atoms with Crippen molar-refractivity contribution in [3.05, 3.63) is 53.5 Å². The van der Waals surface area contributed by atoms with Crippen LogP contribution in [0.25, 0.3) is 6.08 Å². The van der Waals surface area contributed by atoms with Crippen LogP contribution in [0.3, 0.4) is 0 Å². The number of hydrogen-bond donors (Lipinski definition) is 0. The number of rotatable bonds is 7. The van der Waals surface area contributed by atoms with Gasteiger partial charge >= 0.3 is 11.9 Å². The zero-order chi connectivity index (χ0) is 18.2. The van der Waals surface area contributed by atoms with Gasteiger partial charge in [0.2, 0.25) is 5.76 Å². The summed E-state index contributed by atoms with van der Waals surface area (Å²) in [5, 5.41) is 0. The molecule has 0 saturated carbocycles. The Balaban J connectivity index is 2.06. The molecule has 7 nitrogen and oxygen atoms in total.